The number of carbonyl (C=O) groups excluding carboxylic acids is 1. The first-order valence-corrected chi connectivity index (χ1v) is 6.12. The average Bonchev–Trinajstić information content (AvgIpc) is 2.91. The molecule has 1 heterocycles. The van der Waals surface area contributed by atoms with Crippen LogP contribution in [0.4, 0.5) is 0 Å². The Hall–Kier alpha value is -1.87. The van der Waals surface area contributed by atoms with E-state index in [4.69, 9.17) is 10.2 Å². The Morgan fingerprint density at radius 2 is 1.94 bits per heavy atom. The standard InChI is InChI=1S/C15H17NO2/c16-13(11-12-5-2-1-3-6-12)8-9-14(17)15-7-4-10-18-15/h1-7,10,13H,8-9,11,16H2. The minimum atomic E-state index is 0.00584. The molecule has 0 fully saturated rings. The number of nitrogens with two attached hydrogens (primary N) is 1. The second-order valence-electron chi connectivity index (χ2n) is 4.39. The number of hydrogen-bond acceptors (Lipinski definition) is 3. The quantitative estimate of drug-likeness (QED) is 0.794. The first kappa shape index (κ1) is 12.6. The highest BCUT2D eigenvalue weighted by atomic mass is 16.3. The normalized spacial score (nSPS) is 12.3. The molecule has 1 atom stereocenters. The van der Waals surface area contributed by atoms with E-state index in [9.17, 15) is 4.79 Å². The monoisotopic (exact) mass is 243 g/mol. The topological polar surface area (TPSA) is 56.2 Å². The fraction of sp³-hybridized carbons (Fsp3) is 0.267. The number of benzene rings is 1. The van der Waals surface area contributed by atoms with Crippen LogP contribution in [0.2, 0.25) is 0 Å². The lowest BCUT2D eigenvalue weighted by Crippen LogP contribution is -2.23. The zero-order valence-corrected chi connectivity index (χ0v) is 10.2. The van der Waals surface area contributed by atoms with E-state index in [0.717, 1.165) is 6.42 Å². The van der Waals surface area contributed by atoms with Gasteiger partial charge in [-0.15, -0.1) is 0 Å². The summed E-state index contributed by atoms with van der Waals surface area (Å²) in [6.45, 7) is 0. The largest absolute Gasteiger partial charge is 0.461 e. The van der Waals surface area contributed by atoms with Gasteiger partial charge in [0.15, 0.2) is 11.5 Å². The third-order valence-corrected chi connectivity index (χ3v) is 2.88. The molecule has 1 aromatic heterocycles. The van der Waals surface area contributed by atoms with Crippen LogP contribution in [0.15, 0.2) is 53.1 Å². The summed E-state index contributed by atoms with van der Waals surface area (Å²) in [7, 11) is 0. The third kappa shape index (κ3) is 3.57. The number of ketones is 1. The van der Waals surface area contributed by atoms with E-state index < -0.39 is 0 Å². The number of rotatable bonds is 6. The molecule has 3 nitrogen and oxygen atoms in total. The summed E-state index contributed by atoms with van der Waals surface area (Å²) >= 11 is 0. The maximum absolute atomic E-state index is 11.7. The van der Waals surface area contributed by atoms with Gasteiger partial charge in [0.1, 0.15) is 0 Å². The van der Waals surface area contributed by atoms with Gasteiger partial charge in [0.25, 0.3) is 0 Å². The van der Waals surface area contributed by atoms with Crippen LogP contribution < -0.4 is 5.73 Å². The van der Waals surface area contributed by atoms with Gasteiger partial charge < -0.3 is 10.2 Å². The summed E-state index contributed by atoms with van der Waals surface area (Å²) in [6.07, 6.45) is 3.42. The Morgan fingerprint density at radius 1 is 1.17 bits per heavy atom. The van der Waals surface area contributed by atoms with Gasteiger partial charge in [-0.2, -0.15) is 0 Å². The first-order valence-electron chi connectivity index (χ1n) is 6.12. The van der Waals surface area contributed by atoms with Gasteiger partial charge >= 0.3 is 0 Å². The Morgan fingerprint density at radius 3 is 2.61 bits per heavy atom. The van der Waals surface area contributed by atoms with E-state index in [1.54, 1.807) is 12.1 Å². The van der Waals surface area contributed by atoms with Crippen molar-refractivity contribution in [1.82, 2.24) is 0 Å². The van der Waals surface area contributed by atoms with Crippen molar-refractivity contribution in [2.24, 2.45) is 5.73 Å². The van der Waals surface area contributed by atoms with Crippen LogP contribution in [0.5, 0.6) is 0 Å². The SMILES string of the molecule is NC(CCC(=O)c1ccco1)Cc1ccccc1. The van der Waals surface area contributed by atoms with Crippen molar-refractivity contribution in [2.75, 3.05) is 0 Å². The van der Waals surface area contributed by atoms with E-state index >= 15 is 0 Å². The van der Waals surface area contributed by atoms with Gasteiger partial charge in [-0.3, -0.25) is 4.79 Å². The summed E-state index contributed by atoms with van der Waals surface area (Å²) in [5.41, 5.74) is 7.23. The van der Waals surface area contributed by atoms with Crippen molar-refractivity contribution in [3.63, 3.8) is 0 Å². The zero-order valence-electron chi connectivity index (χ0n) is 10.2. The second kappa shape index (κ2) is 6.17. The fourth-order valence-electron chi connectivity index (χ4n) is 1.90. The second-order valence-corrected chi connectivity index (χ2v) is 4.39. The van der Waals surface area contributed by atoms with Crippen LogP contribution in [-0.2, 0) is 6.42 Å². The molecule has 2 N–H and O–H groups in total. The lowest BCUT2D eigenvalue weighted by molar-refractivity contribution is 0.0950. The van der Waals surface area contributed by atoms with E-state index in [1.807, 2.05) is 30.3 Å². The number of furan rings is 1. The van der Waals surface area contributed by atoms with Crippen LogP contribution >= 0.6 is 0 Å². The molecule has 1 aromatic carbocycles. The molecule has 0 aliphatic rings. The summed E-state index contributed by atoms with van der Waals surface area (Å²) in [6, 6.07) is 13.5. The number of carbonyl (C=O) groups is 1. The Bertz CT molecular complexity index is 476. The van der Waals surface area contributed by atoms with Crippen LogP contribution in [0, 0.1) is 0 Å². The highest BCUT2D eigenvalue weighted by molar-refractivity contribution is 5.93. The first-order chi connectivity index (χ1) is 8.75. The van der Waals surface area contributed by atoms with E-state index in [-0.39, 0.29) is 11.8 Å². The molecule has 0 aliphatic heterocycles. The zero-order chi connectivity index (χ0) is 12.8. The predicted octanol–water partition coefficient (Wildman–Crippen LogP) is 2.81. The lowest BCUT2D eigenvalue weighted by atomic mass is 10.0. The highest BCUT2D eigenvalue weighted by Gasteiger charge is 2.11. The molecule has 0 spiro atoms. The van der Waals surface area contributed by atoms with Gasteiger partial charge in [0.2, 0.25) is 0 Å². The summed E-state index contributed by atoms with van der Waals surface area (Å²) in [5, 5.41) is 0. The molecule has 1 unspecified atom stereocenters. The van der Waals surface area contributed by atoms with Gasteiger partial charge in [0, 0.05) is 12.5 Å². The van der Waals surface area contributed by atoms with Gasteiger partial charge in [-0.1, -0.05) is 30.3 Å². The predicted molar refractivity (Wildman–Crippen MR) is 70.4 cm³/mol. The maximum atomic E-state index is 11.7. The van der Waals surface area contributed by atoms with Crippen LogP contribution in [0.3, 0.4) is 0 Å². The Labute approximate surface area is 107 Å². The molecule has 0 saturated heterocycles. The Kier molecular flexibility index (Phi) is 4.31. The van der Waals surface area contributed by atoms with Crippen molar-refractivity contribution in [3.05, 3.63) is 60.1 Å². The van der Waals surface area contributed by atoms with Crippen molar-refractivity contribution < 1.29 is 9.21 Å². The summed E-state index contributed by atoms with van der Waals surface area (Å²) in [4.78, 5) is 11.7. The lowest BCUT2D eigenvalue weighted by Gasteiger charge is -2.10. The van der Waals surface area contributed by atoms with E-state index in [2.05, 4.69) is 0 Å². The third-order valence-electron chi connectivity index (χ3n) is 2.88. The van der Waals surface area contributed by atoms with Crippen molar-refractivity contribution in [1.29, 1.82) is 0 Å². The molecule has 0 radical (unpaired) electrons. The van der Waals surface area contributed by atoms with Crippen LogP contribution in [-0.4, -0.2) is 11.8 Å². The van der Waals surface area contributed by atoms with Gasteiger partial charge in [-0.25, -0.2) is 0 Å². The van der Waals surface area contributed by atoms with E-state index in [0.29, 0.717) is 18.6 Å². The molecular weight excluding hydrogens is 226 g/mol. The molecule has 2 rings (SSSR count). The van der Waals surface area contributed by atoms with Crippen molar-refractivity contribution in [2.45, 2.75) is 25.3 Å². The minimum Gasteiger partial charge on any atom is -0.461 e. The smallest absolute Gasteiger partial charge is 0.198 e. The van der Waals surface area contributed by atoms with Crippen LogP contribution in [0.1, 0.15) is 29.0 Å². The number of Topliss-reactive ketones (excluding diaryl/α,β-unsaturated/α-hetero) is 1. The van der Waals surface area contributed by atoms with Gasteiger partial charge in [-0.05, 0) is 30.5 Å². The molecule has 0 bridgehead atoms. The van der Waals surface area contributed by atoms with E-state index in [1.165, 1.54) is 11.8 Å². The molecule has 0 amide bonds. The molecule has 2 aromatic rings. The fourth-order valence-corrected chi connectivity index (χ4v) is 1.90. The highest BCUT2D eigenvalue weighted by Crippen LogP contribution is 2.10. The summed E-state index contributed by atoms with van der Waals surface area (Å²) < 4.78 is 5.06. The average molecular weight is 243 g/mol. The maximum Gasteiger partial charge on any atom is 0.198 e. The molecule has 0 aliphatic carbocycles. The Balaban J connectivity index is 1.78. The minimum absolute atomic E-state index is 0.00584. The van der Waals surface area contributed by atoms with Crippen molar-refractivity contribution >= 4 is 5.78 Å². The molecule has 3 heteroatoms. The van der Waals surface area contributed by atoms with Crippen LogP contribution in [0.25, 0.3) is 0 Å². The van der Waals surface area contributed by atoms with Crippen molar-refractivity contribution in [3.8, 4) is 0 Å². The summed E-state index contributed by atoms with van der Waals surface area (Å²) in [5.74, 6) is 0.436. The molecule has 94 valence electrons. The molecular formula is C15H17NO2. The number of hydrogen-bond donors (Lipinski definition) is 1. The molecule has 18 heavy (non-hydrogen) atoms. The molecule has 0 saturated carbocycles. The van der Waals surface area contributed by atoms with Gasteiger partial charge in [0.05, 0.1) is 6.26 Å².